The number of ether oxygens (including phenoxy) is 3. The zero-order valence-electron chi connectivity index (χ0n) is 18.1. The molecule has 0 unspecified atom stereocenters. The van der Waals surface area contributed by atoms with Crippen molar-refractivity contribution in [1.29, 1.82) is 0 Å². The molecule has 0 radical (unpaired) electrons. The van der Waals surface area contributed by atoms with E-state index < -0.39 is 18.3 Å². The van der Waals surface area contributed by atoms with Crippen LogP contribution in [0.3, 0.4) is 0 Å². The third-order valence-electron chi connectivity index (χ3n) is 5.89. The Hall–Kier alpha value is -2.76. The number of aliphatic hydroxyl groups excluding tert-OH is 1. The number of rotatable bonds is 10. The molecule has 0 aliphatic heterocycles. The summed E-state index contributed by atoms with van der Waals surface area (Å²) < 4.78 is 18.9. The summed E-state index contributed by atoms with van der Waals surface area (Å²) in [5.74, 6) is -0.291. The Morgan fingerprint density at radius 1 is 0.594 bits per heavy atom. The van der Waals surface area contributed by atoms with Gasteiger partial charge in [0.15, 0.2) is 0 Å². The van der Waals surface area contributed by atoms with Crippen molar-refractivity contribution in [3.8, 4) is 0 Å². The first-order valence-electron chi connectivity index (χ1n) is 11.0. The highest BCUT2D eigenvalue weighted by atomic mass is 16.6. The van der Waals surface area contributed by atoms with Crippen LogP contribution >= 0.6 is 0 Å². The molecule has 1 saturated carbocycles. The van der Waals surface area contributed by atoms with Gasteiger partial charge in [-0.05, 0) is 16.7 Å². The second-order valence-electron chi connectivity index (χ2n) is 8.09. The predicted octanol–water partition coefficient (Wildman–Crippen LogP) is 4.92. The number of hydrogen-bond acceptors (Lipinski definition) is 4. The first kappa shape index (κ1) is 22.4. The van der Waals surface area contributed by atoms with Crippen molar-refractivity contribution in [3.05, 3.63) is 120 Å². The van der Waals surface area contributed by atoms with Gasteiger partial charge in [0.1, 0.15) is 12.2 Å². The summed E-state index contributed by atoms with van der Waals surface area (Å²) in [5.41, 5.74) is 3.18. The predicted molar refractivity (Wildman–Crippen MR) is 125 cm³/mol. The highest BCUT2D eigenvalue weighted by Gasteiger charge is 2.51. The van der Waals surface area contributed by atoms with Gasteiger partial charge in [0.2, 0.25) is 0 Å². The lowest BCUT2D eigenvalue weighted by atomic mass is 10.0. The third-order valence-corrected chi connectivity index (χ3v) is 5.89. The molecule has 32 heavy (non-hydrogen) atoms. The summed E-state index contributed by atoms with van der Waals surface area (Å²) >= 11 is 0. The van der Waals surface area contributed by atoms with E-state index >= 15 is 0 Å². The van der Waals surface area contributed by atoms with Crippen LogP contribution in [0.5, 0.6) is 0 Å². The molecule has 0 amide bonds. The van der Waals surface area contributed by atoms with Gasteiger partial charge < -0.3 is 19.3 Å². The highest BCUT2D eigenvalue weighted by molar-refractivity contribution is 5.17. The van der Waals surface area contributed by atoms with E-state index in [9.17, 15) is 5.11 Å². The molecule has 4 rings (SSSR count). The van der Waals surface area contributed by atoms with Crippen LogP contribution in [-0.2, 0) is 34.0 Å². The molecule has 1 fully saturated rings. The molecule has 0 spiro atoms. The topological polar surface area (TPSA) is 47.9 Å². The fourth-order valence-corrected chi connectivity index (χ4v) is 4.18. The van der Waals surface area contributed by atoms with E-state index in [2.05, 4.69) is 6.58 Å². The molecule has 0 saturated heterocycles. The Morgan fingerprint density at radius 3 is 1.38 bits per heavy atom. The van der Waals surface area contributed by atoms with Gasteiger partial charge in [-0.25, -0.2) is 0 Å². The SMILES string of the molecule is C=C[C@H]1[C@@H](O)[C@H](OCc2ccccc2)[C@@H](OCc2ccccc2)[C@H]1OCc1ccccc1. The van der Waals surface area contributed by atoms with Crippen molar-refractivity contribution < 1.29 is 19.3 Å². The number of hydrogen-bond donors (Lipinski definition) is 1. The summed E-state index contributed by atoms with van der Waals surface area (Å²) in [7, 11) is 0. The van der Waals surface area contributed by atoms with Crippen LogP contribution in [0.2, 0.25) is 0 Å². The van der Waals surface area contributed by atoms with Gasteiger partial charge in [-0.3, -0.25) is 0 Å². The molecule has 4 nitrogen and oxygen atoms in total. The quantitative estimate of drug-likeness (QED) is 0.464. The Balaban J connectivity index is 1.52. The Morgan fingerprint density at radius 2 is 0.969 bits per heavy atom. The molecule has 1 aliphatic rings. The van der Waals surface area contributed by atoms with E-state index in [0.717, 1.165) is 16.7 Å². The maximum atomic E-state index is 11.1. The summed E-state index contributed by atoms with van der Waals surface area (Å²) in [6.07, 6.45) is -0.335. The fraction of sp³-hybridized carbons (Fsp3) is 0.286. The Bertz CT molecular complexity index is 945. The van der Waals surface area contributed by atoms with E-state index in [1.54, 1.807) is 6.08 Å². The molecule has 166 valence electrons. The van der Waals surface area contributed by atoms with Gasteiger partial charge in [0.25, 0.3) is 0 Å². The second kappa shape index (κ2) is 11.2. The minimum Gasteiger partial charge on any atom is -0.390 e. The van der Waals surface area contributed by atoms with Gasteiger partial charge in [-0.1, -0.05) is 97.1 Å². The van der Waals surface area contributed by atoms with Crippen LogP contribution in [0, 0.1) is 5.92 Å². The maximum absolute atomic E-state index is 11.1. The maximum Gasteiger partial charge on any atom is 0.113 e. The molecule has 1 N–H and O–H groups in total. The molecule has 4 heteroatoms. The van der Waals surface area contributed by atoms with Crippen LogP contribution in [0.15, 0.2) is 104 Å². The highest BCUT2D eigenvalue weighted by Crippen LogP contribution is 2.36. The largest absolute Gasteiger partial charge is 0.390 e. The number of aliphatic hydroxyl groups is 1. The standard InChI is InChI=1S/C28H30O4/c1-2-24-25(29)27(31-19-22-14-8-4-9-15-22)28(32-20-23-16-10-5-11-17-23)26(24)30-18-21-12-6-3-7-13-21/h2-17,24-29H,1,18-20H2/t24-,25+,26-,27-,28-/m0/s1. The van der Waals surface area contributed by atoms with Crippen molar-refractivity contribution in [2.45, 2.75) is 44.2 Å². The first-order chi connectivity index (χ1) is 15.8. The van der Waals surface area contributed by atoms with Crippen molar-refractivity contribution in [1.82, 2.24) is 0 Å². The lowest BCUT2D eigenvalue weighted by Gasteiger charge is -2.26. The normalized spacial score (nSPS) is 25.0. The van der Waals surface area contributed by atoms with Gasteiger partial charge >= 0.3 is 0 Å². The molecule has 0 bridgehead atoms. The van der Waals surface area contributed by atoms with E-state index in [-0.39, 0.29) is 12.0 Å². The molecule has 0 heterocycles. The van der Waals surface area contributed by atoms with Crippen molar-refractivity contribution in [2.24, 2.45) is 5.92 Å². The van der Waals surface area contributed by atoms with Crippen molar-refractivity contribution in [2.75, 3.05) is 0 Å². The van der Waals surface area contributed by atoms with Crippen LogP contribution in [0.1, 0.15) is 16.7 Å². The first-order valence-corrected chi connectivity index (χ1v) is 11.0. The summed E-state index contributed by atoms with van der Waals surface area (Å²) in [6, 6.07) is 30.0. The molecule has 1 aliphatic carbocycles. The minimum absolute atomic E-state index is 0.291. The average molecular weight is 431 g/mol. The van der Waals surface area contributed by atoms with Gasteiger partial charge in [0, 0.05) is 5.92 Å². The second-order valence-corrected chi connectivity index (χ2v) is 8.09. The van der Waals surface area contributed by atoms with Crippen LogP contribution < -0.4 is 0 Å². The lowest BCUT2D eigenvalue weighted by Crippen LogP contribution is -2.38. The van der Waals surface area contributed by atoms with Gasteiger partial charge in [-0.2, -0.15) is 0 Å². The van der Waals surface area contributed by atoms with Crippen LogP contribution in [-0.4, -0.2) is 29.5 Å². The van der Waals surface area contributed by atoms with Crippen molar-refractivity contribution in [3.63, 3.8) is 0 Å². The smallest absolute Gasteiger partial charge is 0.113 e. The van der Waals surface area contributed by atoms with Crippen LogP contribution in [0.4, 0.5) is 0 Å². The van der Waals surface area contributed by atoms with Crippen molar-refractivity contribution >= 4 is 0 Å². The molecular formula is C28H30O4. The van der Waals surface area contributed by atoms with Crippen LogP contribution in [0.25, 0.3) is 0 Å². The average Bonchev–Trinajstić information content (AvgIpc) is 3.11. The summed E-state index contributed by atoms with van der Waals surface area (Å²) in [6.45, 7) is 5.19. The molecule has 0 aromatic heterocycles. The third kappa shape index (κ3) is 5.53. The van der Waals surface area contributed by atoms with Gasteiger partial charge in [0.05, 0.1) is 32.0 Å². The Labute approximate surface area is 190 Å². The van der Waals surface area contributed by atoms with E-state index in [0.29, 0.717) is 19.8 Å². The van der Waals surface area contributed by atoms with Gasteiger partial charge in [-0.15, -0.1) is 6.58 Å². The monoisotopic (exact) mass is 430 g/mol. The molecule has 3 aromatic carbocycles. The lowest BCUT2D eigenvalue weighted by molar-refractivity contribution is -0.134. The molecule has 3 aromatic rings. The van der Waals surface area contributed by atoms with E-state index in [1.165, 1.54) is 0 Å². The Kier molecular flexibility index (Phi) is 7.86. The molecular weight excluding hydrogens is 400 g/mol. The minimum atomic E-state index is -0.766. The zero-order chi connectivity index (χ0) is 22.2. The molecule has 5 atom stereocenters. The number of benzene rings is 3. The fourth-order valence-electron chi connectivity index (χ4n) is 4.18. The van der Waals surface area contributed by atoms with E-state index in [1.807, 2.05) is 91.0 Å². The summed E-state index contributed by atoms with van der Waals surface area (Å²) in [4.78, 5) is 0. The van der Waals surface area contributed by atoms with E-state index in [4.69, 9.17) is 14.2 Å². The zero-order valence-corrected chi connectivity index (χ0v) is 18.1. The summed E-state index contributed by atoms with van der Waals surface area (Å²) in [5, 5.41) is 11.1.